The highest BCUT2D eigenvalue weighted by Gasteiger charge is 2.50. The molecular formula is C18H18N2O7. The van der Waals surface area contributed by atoms with Gasteiger partial charge in [-0.2, -0.15) is 4.90 Å². The second-order valence-electron chi connectivity index (χ2n) is 7.11. The first kappa shape index (κ1) is 17.2. The zero-order valence-corrected chi connectivity index (χ0v) is 14.9. The first-order valence-corrected chi connectivity index (χ1v) is 8.20. The van der Waals surface area contributed by atoms with Crippen molar-refractivity contribution in [3.8, 4) is 5.75 Å². The standard InChI is InChI=1S/C18H18N2O7/c1-18(2,3)27-17(26)20-12(22)8-7-10(15(20)24)19-14(23)9-5-4-6-11(21)13(9)16(19)25/h4-6,10,21H,7-8H2,1-3H3/i10D. The Balaban J connectivity index is 2.00. The van der Waals surface area contributed by atoms with E-state index in [2.05, 4.69) is 0 Å². The number of piperidine rings is 1. The maximum absolute atomic E-state index is 12.9. The molecule has 0 radical (unpaired) electrons. The van der Waals surface area contributed by atoms with Crippen LogP contribution in [-0.2, 0) is 14.3 Å². The van der Waals surface area contributed by atoms with E-state index < -0.39 is 59.9 Å². The zero-order valence-electron chi connectivity index (χ0n) is 15.9. The van der Waals surface area contributed by atoms with Crippen LogP contribution in [0.2, 0.25) is 0 Å². The molecule has 3 rings (SSSR count). The molecule has 9 heteroatoms. The number of likely N-dealkylation sites (tertiary alicyclic amines) is 1. The monoisotopic (exact) mass is 375 g/mol. The van der Waals surface area contributed by atoms with Crippen LogP contribution in [0.1, 0.15) is 55.7 Å². The van der Waals surface area contributed by atoms with E-state index in [0.717, 1.165) is 0 Å². The average molecular weight is 375 g/mol. The highest BCUT2D eigenvalue weighted by atomic mass is 16.6. The molecular weight excluding hydrogens is 356 g/mol. The number of amides is 5. The summed E-state index contributed by atoms with van der Waals surface area (Å²) in [7, 11) is 0. The number of fused-ring (bicyclic) bond motifs is 1. The molecule has 1 N–H and O–H groups in total. The van der Waals surface area contributed by atoms with Crippen LogP contribution in [0.25, 0.3) is 0 Å². The third-order valence-electron chi connectivity index (χ3n) is 4.01. The lowest BCUT2D eigenvalue weighted by atomic mass is 10.0. The number of hydrogen-bond acceptors (Lipinski definition) is 7. The largest absolute Gasteiger partial charge is 0.507 e. The van der Waals surface area contributed by atoms with Crippen LogP contribution in [0, 0.1) is 0 Å². The molecule has 0 aromatic heterocycles. The summed E-state index contributed by atoms with van der Waals surface area (Å²) >= 11 is 0. The highest BCUT2D eigenvalue weighted by molar-refractivity contribution is 6.25. The quantitative estimate of drug-likeness (QED) is 0.737. The minimum Gasteiger partial charge on any atom is -0.507 e. The van der Waals surface area contributed by atoms with Gasteiger partial charge in [0.05, 0.1) is 12.5 Å². The van der Waals surface area contributed by atoms with Gasteiger partial charge in [0.15, 0.2) is 0 Å². The molecule has 1 fully saturated rings. The maximum Gasteiger partial charge on any atom is 0.424 e. The Morgan fingerprint density at radius 2 is 1.89 bits per heavy atom. The number of carbonyl (C=O) groups is 5. The molecule has 2 aliphatic heterocycles. The van der Waals surface area contributed by atoms with Crippen LogP contribution in [-0.4, -0.2) is 56.2 Å². The molecule has 27 heavy (non-hydrogen) atoms. The molecule has 1 aromatic carbocycles. The molecule has 1 unspecified atom stereocenters. The van der Waals surface area contributed by atoms with E-state index in [1.54, 1.807) is 0 Å². The van der Waals surface area contributed by atoms with Crippen LogP contribution in [0.15, 0.2) is 18.2 Å². The molecule has 0 spiro atoms. The van der Waals surface area contributed by atoms with E-state index in [-0.39, 0.29) is 16.0 Å². The van der Waals surface area contributed by atoms with Gasteiger partial charge in [0, 0.05) is 6.42 Å². The summed E-state index contributed by atoms with van der Waals surface area (Å²) in [6, 6.07) is 1.30. The van der Waals surface area contributed by atoms with Crippen molar-refractivity contribution in [2.75, 3.05) is 0 Å². The zero-order chi connectivity index (χ0) is 21.0. The van der Waals surface area contributed by atoms with E-state index >= 15 is 0 Å². The summed E-state index contributed by atoms with van der Waals surface area (Å²) in [6.07, 6.45) is -2.18. The molecule has 1 atom stereocenters. The van der Waals surface area contributed by atoms with Gasteiger partial charge in [0.1, 0.15) is 17.4 Å². The lowest BCUT2D eigenvalue weighted by Crippen LogP contribution is -2.58. The van der Waals surface area contributed by atoms with E-state index in [1.807, 2.05) is 0 Å². The average Bonchev–Trinajstić information content (AvgIpc) is 2.83. The lowest BCUT2D eigenvalue weighted by Gasteiger charge is -2.34. The Bertz CT molecular complexity index is 936. The molecule has 2 heterocycles. The normalized spacial score (nSPS) is 23.4. The second-order valence-corrected chi connectivity index (χ2v) is 7.11. The van der Waals surface area contributed by atoms with Crippen molar-refractivity contribution in [3.63, 3.8) is 0 Å². The highest BCUT2D eigenvalue weighted by Crippen LogP contribution is 2.33. The van der Waals surface area contributed by atoms with Gasteiger partial charge < -0.3 is 9.84 Å². The number of rotatable bonds is 1. The Morgan fingerprint density at radius 3 is 2.48 bits per heavy atom. The number of nitrogens with zero attached hydrogens (tertiary/aromatic N) is 2. The third kappa shape index (κ3) is 3.05. The summed E-state index contributed by atoms with van der Waals surface area (Å²) in [5, 5.41) is 9.91. The van der Waals surface area contributed by atoms with E-state index in [1.165, 1.54) is 39.0 Å². The number of phenols is 1. The number of carbonyl (C=O) groups excluding carboxylic acids is 5. The van der Waals surface area contributed by atoms with Crippen molar-refractivity contribution >= 4 is 29.7 Å². The first-order valence-electron chi connectivity index (χ1n) is 8.70. The molecule has 142 valence electrons. The van der Waals surface area contributed by atoms with Crippen molar-refractivity contribution in [1.82, 2.24) is 9.80 Å². The second kappa shape index (κ2) is 6.19. The van der Waals surface area contributed by atoms with Crippen molar-refractivity contribution in [2.24, 2.45) is 0 Å². The van der Waals surface area contributed by atoms with Crippen LogP contribution in [0.3, 0.4) is 0 Å². The molecule has 0 saturated carbocycles. The number of aromatic hydroxyl groups is 1. The topological polar surface area (TPSA) is 121 Å². The number of phenolic OH excluding ortho intramolecular Hbond substituents is 1. The smallest absolute Gasteiger partial charge is 0.424 e. The molecule has 1 saturated heterocycles. The fourth-order valence-electron chi connectivity index (χ4n) is 2.90. The molecule has 0 bridgehead atoms. The van der Waals surface area contributed by atoms with Crippen molar-refractivity contribution < 1.29 is 35.2 Å². The van der Waals surface area contributed by atoms with E-state index in [4.69, 9.17) is 6.11 Å². The van der Waals surface area contributed by atoms with E-state index in [9.17, 15) is 29.1 Å². The summed E-state index contributed by atoms with van der Waals surface area (Å²) in [4.78, 5) is 63.3. The fourth-order valence-corrected chi connectivity index (χ4v) is 2.90. The SMILES string of the molecule is [2H]C1(N2C(=O)c3cccc(O)c3C2=O)CCC(=O)N(C(=O)OC(C)(C)C)C1=O. The van der Waals surface area contributed by atoms with Crippen LogP contribution >= 0.6 is 0 Å². The first-order chi connectivity index (χ1) is 12.9. The molecule has 2 aliphatic rings. The summed E-state index contributed by atoms with van der Waals surface area (Å²) < 4.78 is 13.6. The Hall–Kier alpha value is -3.23. The van der Waals surface area contributed by atoms with Gasteiger partial charge in [-0.15, -0.1) is 0 Å². The fraction of sp³-hybridized carbons (Fsp3) is 0.389. The van der Waals surface area contributed by atoms with Gasteiger partial charge in [-0.05, 0) is 39.3 Å². The van der Waals surface area contributed by atoms with Crippen molar-refractivity contribution in [3.05, 3.63) is 29.3 Å². The minimum atomic E-state index is -2.52. The van der Waals surface area contributed by atoms with Crippen molar-refractivity contribution in [2.45, 2.75) is 45.2 Å². The van der Waals surface area contributed by atoms with Crippen LogP contribution < -0.4 is 0 Å². The van der Waals surface area contributed by atoms with Gasteiger partial charge in [-0.1, -0.05) is 6.07 Å². The van der Waals surface area contributed by atoms with Crippen LogP contribution in [0.5, 0.6) is 5.75 Å². The van der Waals surface area contributed by atoms with E-state index in [0.29, 0.717) is 4.90 Å². The predicted molar refractivity (Wildman–Crippen MR) is 89.7 cm³/mol. The molecule has 1 aromatic rings. The van der Waals surface area contributed by atoms with Crippen molar-refractivity contribution in [1.29, 1.82) is 0 Å². The van der Waals surface area contributed by atoms with Gasteiger partial charge in [-0.25, -0.2) is 4.79 Å². The summed E-state index contributed by atoms with van der Waals surface area (Å²) in [6.45, 7) is 4.60. The Kier molecular flexibility index (Phi) is 3.94. The van der Waals surface area contributed by atoms with Gasteiger partial charge in [-0.3, -0.25) is 24.1 Å². The van der Waals surface area contributed by atoms with Gasteiger partial charge in [0.25, 0.3) is 17.7 Å². The maximum atomic E-state index is 12.9. The summed E-state index contributed by atoms with van der Waals surface area (Å²) in [5.74, 6) is -4.71. The molecule has 5 amide bonds. The van der Waals surface area contributed by atoms with Gasteiger partial charge >= 0.3 is 6.09 Å². The number of ether oxygens (including phenoxy) is 1. The lowest BCUT2D eigenvalue weighted by molar-refractivity contribution is -0.149. The van der Waals surface area contributed by atoms with Crippen LogP contribution in [0.4, 0.5) is 4.79 Å². The number of imide groups is 4. The van der Waals surface area contributed by atoms with Gasteiger partial charge in [0.2, 0.25) is 5.91 Å². The Labute approximate surface area is 155 Å². The molecule has 0 aliphatic carbocycles. The Morgan fingerprint density at radius 1 is 1.22 bits per heavy atom. The third-order valence-corrected chi connectivity index (χ3v) is 4.01. The summed E-state index contributed by atoms with van der Waals surface area (Å²) in [5.41, 5.74) is -1.50. The predicted octanol–water partition coefficient (Wildman–Crippen LogP) is 1.44. The minimum absolute atomic E-state index is 0.158. The number of benzene rings is 1. The molecule has 9 nitrogen and oxygen atoms in total. The number of hydrogen-bond donors (Lipinski definition) is 1.